The molecule has 0 spiro atoms. The number of amides is 1. The van der Waals surface area contributed by atoms with Crippen LogP contribution in [0.1, 0.15) is 5.56 Å². The molecule has 29 heavy (non-hydrogen) atoms. The second kappa shape index (κ2) is 9.97. The summed E-state index contributed by atoms with van der Waals surface area (Å²) in [5.41, 5.74) is 2.44. The molecule has 2 aromatic carbocycles. The summed E-state index contributed by atoms with van der Waals surface area (Å²) in [5.74, 6) is 0.495. The average molecular weight is 571 g/mol. The highest BCUT2D eigenvalue weighted by atomic mass is 127. The second-order valence-corrected chi connectivity index (χ2v) is 7.31. The molecular weight excluding hydrogens is 554 g/mol. The number of alkyl halides is 2. The van der Waals surface area contributed by atoms with E-state index < -0.39 is 0 Å². The van der Waals surface area contributed by atoms with Crippen LogP contribution >= 0.6 is 38.5 Å². The molecule has 0 aliphatic carbocycles. The van der Waals surface area contributed by atoms with Gasteiger partial charge in [-0.2, -0.15) is 0 Å². The maximum atomic E-state index is 13.8. The number of hydrogen-bond donors (Lipinski definition) is 2. The van der Waals surface area contributed by atoms with Gasteiger partial charge in [-0.1, -0.05) is 44.6 Å². The van der Waals surface area contributed by atoms with E-state index in [9.17, 15) is 9.18 Å². The normalized spacial score (nSPS) is 11.0. The zero-order valence-electron chi connectivity index (χ0n) is 15.4. The number of benzene rings is 2. The van der Waals surface area contributed by atoms with Gasteiger partial charge in [0.25, 0.3) is 0 Å². The van der Waals surface area contributed by atoms with Gasteiger partial charge in [0.15, 0.2) is 0 Å². The smallest absolute Gasteiger partial charge is 0.248 e. The number of carbonyl (C=O) groups excluding carboxylic acids is 1. The standard InChI is InChI=1S/C20H17BrFIN4O2/c1-29-18-9-16-14(8-17(18)27-19(28)3-2-6-21)20(25-11-24-16)26-13-4-5-15(22)12(7-13)10-23/h2-5,7-9,11H,6,10H2,1H3,(H,27,28)(H,24,25,26)/b3-2+. The number of hydrogen-bond acceptors (Lipinski definition) is 5. The maximum Gasteiger partial charge on any atom is 0.248 e. The van der Waals surface area contributed by atoms with Gasteiger partial charge in [0, 0.05) is 33.0 Å². The summed E-state index contributed by atoms with van der Waals surface area (Å²) in [6, 6.07) is 8.29. The van der Waals surface area contributed by atoms with E-state index in [-0.39, 0.29) is 11.7 Å². The van der Waals surface area contributed by atoms with Gasteiger partial charge in [-0.25, -0.2) is 14.4 Å². The molecule has 0 bridgehead atoms. The van der Waals surface area contributed by atoms with Crippen LogP contribution in [0.3, 0.4) is 0 Å². The number of carbonyl (C=O) groups is 1. The molecule has 3 rings (SSSR count). The van der Waals surface area contributed by atoms with Crippen molar-refractivity contribution in [1.29, 1.82) is 0 Å². The van der Waals surface area contributed by atoms with Crippen LogP contribution in [-0.4, -0.2) is 28.3 Å². The Kier molecular flexibility index (Phi) is 7.37. The Morgan fingerprint density at radius 1 is 1.31 bits per heavy atom. The third-order valence-electron chi connectivity index (χ3n) is 4.03. The molecule has 0 aliphatic rings. The first-order valence-electron chi connectivity index (χ1n) is 8.53. The SMILES string of the molecule is COc1cc2ncnc(Nc3ccc(F)c(CI)c3)c2cc1NC(=O)/C=C/CBr. The van der Waals surface area contributed by atoms with Gasteiger partial charge in [0.2, 0.25) is 5.91 Å². The average Bonchev–Trinajstić information content (AvgIpc) is 2.73. The number of fused-ring (bicyclic) bond motifs is 1. The summed E-state index contributed by atoms with van der Waals surface area (Å²) in [6.45, 7) is 0. The minimum absolute atomic E-state index is 0.247. The number of halogens is 3. The predicted octanol–water partition coefficient (Wildman–Crippen LogP) is 5.35. The summed E-state index contributed by atoms with van der Waals surface area (Å²) in [5, 5.41) is 7.27. The van der Waals surface area contributed by atoms with Gasteiger partial charge >= 0.3 is 0 Å². The van der Waals surface area contributed by atoms with Crippen LogP contribution in [0.5, 0.6) is 5.75 Å². The van der Waals surface area contributed by atoms with Gasteiger partial charge in [-0.3, -0.25) is 4.79 Å². The number of allylic oxidation sites excluding steroid dienone is 1. The number of ether oxygens (including phenoxy) is 1. The predicted molar refractivity (Wildman–Crippen MR) is 125 cm³/mol. The Labute approximate surface area is 189 Å². The molecular formula is C20H17BrFIN4O2. The molecule has 0 radical (unpaired) electrons. The number of methoxy groups -OCH3 is 1. The lowest BCUT2D eigenvalue weighted by molar-refractivity contribution is -0.111. The van der Waals surface area contributed by atoms with Gasteiger partial charge in [-0.05, 0) is 29.8 Å². The molecule has 3 aromatic rings. The minimum Gasteiger partial charge on any atom is -0.494 e. The fourth-order valence-electron chi connectivity index (χ4n) is 2.67. The molecule has 1 aromatic heterocycles. The summed E-state index contributed by atoms with van der Waals surface area (Å²) in [4.78, 5) is 20.7. The Bertz CT molecular complexity index is 1080. The van der Waals surface area contributed by atoms with E-state index in [2.05, 4.69) is 59.1 Å². The summed E-state index contributed by atoms with van der Waals surface area (Å²) in [6.07, 6.45) is 4.56. The first-order chi connectivity index (χ1) is 14.0. The van der Waals surface area contributed by atoms with Crippen molar-refractivity contribution in [3.8, 4) is 5.75 Å². The Hall–Kier alpha value is -2.27. The van der Waals surface area contributed by atoms with Crippen molar-refractivity contribution in [3.05, 3.63) is 60.2 Å². The van der Waals surface area contributed by atoms with Gasteiger partial charge in [0.05, 0.1) is 18.3 Å². The van der Waals surface area contributed by atoms with Gasteiger partial charge in [0.1, 0.15) is 23.7 Å². The fraction of sp³-hybridized carbons (Fsp3) is 0.150. The van der Waals surface area contributed by atoms with Crippen LogP contribution in [0.15, 0.2) is 48.8 Å². The van der Waals surface area contributed by atoms with Crippen LogP contribution in [0.4, 0.5) is 21.6 Å². The molecule has 0 fully saturated rings. The number of rotatable bonds is 7. The zero-order chi connectivity index (χ0) is 20.8. The lowest BCUT2D eigenvalue weighted by atomic mass is 10.1. The first-order valence-corrected chi connectivity index (χ1v) is 11.2. The Morgan fingerprint density at radius 2 is 2.14 bits per heavy atom. The van der Waals surface area contributed by atoms with Crippen molar-refractivity contribution in [1.82, 2.24) is 9.97 Å². The molecule has 0 aliphatic heterocycles. The van der Waals surface area contributed by atoms with Crippen molar-refractivity contribution in [2.45, 2.75) is 4.43 Å². The van der Waals surface area contributed by atoms with Crippen molar-refractivity contribution in [2.75, 3.05) is 23.1 Å². The molecule has 6 nitrogen and oxygen atoms in total. The largest absolute Gasteiger partial charge is 0.494 e. The molecule has 0 atom stereocenters. The fourth-order valence-corrected chi connectivity index (χ4v) is 3.44. The molecule has 0 saturated heterocycles. The lowest BCUT2D eigenvalue weighted by Gasteiger charge is -2.13. The van der Waals surface area contributed by atoms with Crippen molar-refractivity contribution < 1.29 is 13.9 Å². The third kappa shape index (κ3) is 5.21. The zero-order valence-corrected chi connectivity index (χ0v) is 19.1. The maximum absolute atomic E-state index is 13.8. The molecule has 9 heteroatoms. The Balaban J connectivity index is 2.01. The van der Waals surface area contributed by atoms with E-state index in [0.29, 0.717) is 49.2 Å². The lowest BCUT2D eigenvalue weighted by Crippen LogP contribution is -2.09. The van der Waals surface area contributed by atoms with E-state index >= 15 is 0 Å². The number of nitrogens with zero attached hydrogens (tertiary/aromatic N) is 2. The van der Waals surface area contributed by atoms with Crippen LogP contribution in [0.25, 0.3) is 10.9 Å². The van der Waals surface area contributed by atoms with Gasteiger partial charge in [-0.15, -0.1) is 0 Å². The second-order valence-electron chi connectivity index (χ2n) is 5.90. The van der Waals surface area contributed by atoms with E-state index in [1.807, 2.05) is 0 Å². The van der Waals surface area contributed by atoms with Crippen molar-refractivity contribution >= 4 is 72.5 Å². The van der Waals surface area contributed by atoms with E-state index in [0.717, 1.165) is 0 Å². The molecule has 1 heterocycles. The molecule has 150 valence electrons. The number of anilines is 3. The first kappa shape index (κ1) is 21.4. The summed E-state index contributed by atoms with van der Waals surface area (Å²) < 4.78 is 19.7. The molecule has 0 saturated carbocycles. The van der Waals surface area contributed by atoms with Crippen LogP contribution in [0.2, 0.25) is 0 Å². The highest BCUT2D eigenvalue weighted by Gasteiger charge is 2.13. The van der Waals surface area contributed by atoms with Crippen LogP contribution in [0, 0.1) is 5.82 Å². The van der Waals surface area contributed by atoms with E-state index in [1.54, 1.807) is 30.3 Å². The quantitative estimate of drug-likeness (QED) is 0.228. The van der Waals surface area contributed by atoms with E-state index in [4.69, 9.17) is 4.74 Å². The van der Waals surface area contributed by atoms with Crippen molar-refractivity contribution in [2.24, 2.45) is 0 Å². The number of aromatic nitrogens is 2. The van der Waals surface area contributed by atoms with E-state index in [1.165, 1.54) is 25.6 Å². The molecule has 1 amide bonds. The van der Waals surface area contributed by atoms with Gasteiger partial charge < -0.3 is 15.4 Å². The highest BCUT2D eigenvalue weighted by Crippen LogP contribution is 2.33. The monoisotopic (exact) mass is 570 g/mol. The number of nitrogens with one attached hydrogen (secondary N) is 2. The van der Waals surface area contributed by atoms with Crippen LogP contribution < -0.4 is 15.4 Å². The highest BCUT2D eigenvalue weighted by molar-refractivity contribution is 14.1. The van der Waals surface area contributed by atoms with Crippen molar-refractivity contribution in [3.63, 3.8) is 0 Å². The molecule has 2 N–H and O–H groups in total. The van der Waals surface area contributed by atoms with Crippen LogP contribution in [-0.2, 0) is 9.22 Å². The minimum atomic E-state index is -0.279. The topological polar surface area (TPSA) is 76.1 Å². The summed E-state index contributed by atoms with van der Waals surface area (Å²) >= 11 is 5.36. The third-order valence-corrected chi connectivity index (χ3v) is 5.22. The molecule has 0 unspecified atom stereocenters. The summed E-state index contributed by atoms with van der Waals surface area (Å²) in [7, 11) is 1.52. The Morgan fingerprint density at radius 3 is 2.86 bits per heavy atom.